The molecule has 3 N–H and O–H groups in total. The minimum atomic E-state index is 0.583. The standard InChI is InChI=1S/C3H7N.CH4O/c4-3-1-2-3;1-2/h3H,1-2,4H2;2H,1H3. The van der Waals surface area contributed by atoms with Gasteiger partial charge in [0.2, 0.25) is 0 Å². The molecule has 1 rings (SSSR count). The number of aliphatic hydroxyl groups excluding tert-OH is 1. The SMILES string of the molecule is CO.NC1CC1. The molecule has 0 saturated heterocycles. The van der Waals surface area contributed by atoms with Crippen LogP contribution in [0, 0.1) is 0 Å². The van der Waals surface area contributed by atoms with Gasteiger partial charge in [-0.15, -0.1) is 0 Å². The quantitative estimate of drug-likeness (QED) is 0.428. The van der Waals surface area contributed by atoms with Crippen molar-refractivity contribution >= 4 is 0 Å². The van der Waals surface area contributed by atoms with E-state index in [1.807, 2.05) is 0 Å². The minimum absolute atomic E-state index is 0.583. The van der Waals surface area contributed by atoms with Gasteiger partial charge in [-0.1, -0.05) is 0 Å². The lowest BCUT2D eigenvalue weighted by Crippen LogP contribution is -1.94. The molecule has 0 aromatic carbocycles. The Morgan fingerprint density at radius 1 is 1.50 bits per heavy atom. The van der Waals surface area contributed by atoms with Crippen LogP contribution in [0.1, 0.15) is 12.8 Å². The van der Waals surface area contributed by atoms with Crippen LogP contribution in [0.4, 0.5) is 0 Å². The molecule has 1 aliphatic rings. The highest BCUT2D eigenvalue weighted by Gasteiger charge is 2.13. The molecule has 38 valence electrons. The number of hydrogen-bond acceptors (Lipinski definition) is 2. The molecule has 0 aliphatic heterocycles. The molecule has 1 fully saturated rings. The van der Waals surface area contributed by atoms with E-state index in [9.17, 15) is 0 Å². The van der Waals surface area contributed by atoms with Gasteiger partial charge in [0.15, 0.2) is 0 Å². The Hall–Kier alpha value is -0.0800. The van der Waals surface area contributed by atoms with Crippen LogP contribution < -0.4 is 5.73 Å². The van der Waals surface area contributed by atoms with Gasteiger partial charge in [-0.25, -0.2) is 0 Å². The molecule has 2 heteroatoms. The molecule has 0 radical (unpaired) electrons. The van der Waals surface area contributed by atoms with Gasteiger partial charge in [0.05, 0.1) is 0 Å². The highest BCUT2D eigenvalue weighted by Crippen LogP contribution is 2.13. The fourth-order valence-electron chi connectivity index (χ4n) is 0.0962. The average molecular weight is 89.1 g/mol. The van der Waals surface area contributed by atoms with Crippen LogP contribution in [0.25, 0.3) is 0 Å². The summed E-state index contributed by atoms with van der Waals surface area (Å²) in [4.78, 5) is 0. The summed E-state index contributed by atoms with van der Waals surface area (Å²) in [5.41, 5.74) is 5.22. The van der Waals surface area contributed by atoms with Crippen molar-refractivity contribution in [2.24, 2.45) is 5.73 Å². The van der Waals surface area contributed by atoms with Gasteiger partial charge in [-0.2, -0.15) is 0 Å². The van der Waals surface area contributed by atoms with Crippen molar-refractivity contribution in [3.63, 3.8) is 0 Å². The summed E-state index contributed by atoms with van der Waals surface area (Å²) < 4.78 is 0. The Morgan fingerprint density at radius 3 is 1.67 bits per heavy atom. The summed E-state index contributed by atoms with van der Waals surface area (Å²) in [5, 5.41) is 7.00. The molecule has 0 atom stereocenters. The van der Waals surface area contributed by atoms with Crippen LogP contribution in [0.5, 0.6) is 0 Å². The molecule has 0 aromatic heterocycles. The number of hydrogen-bond donors (Lipinski definition) is 2. The average Bonchev–Trinajstić information content (AvgIpc) is 2.30. The molecule has 2 nitrogen and oxygen atoms in total. The van der Waals surface area contributed by atoms with E-state index in [-0.39, 0.29) is 0 Å². The Morgan fingerprint density at radius 2 is 1.67 bits per heavy atom. The molecule has 1 saturated carbocycles. The maximum absolute atomic E-state index is 7.00. The highest BCUT2D eigenvalue weighted by molar-refractivity contribution is 4.75. The summed E-state index contributed by atoms with van der Waals surface area (Å²) >= 11 is 0. The molecular weight excluding hydrogens is 78.0 g/mol. The Bertz CT molecular complexity index is 26.7. The van der Waals surface area contributed by atoms with E-state index in [0.29, 0.717) is 6.04 Å². The zero-order valence-electron chi connectivity index (χ0n) is 4.02. The Balaban J connectivity index is 0.000000112. The van der Waals surface area contributed by atoms with Crippen LogP contribution in [-0.4, -0.2) is 18.3 Å². The van der Waals surface area contributed by atoms with Crippen LogP contribution in [0.15, 0.2) is 0 Å². The fraction of sp³-hybridized carbons (Fsp3) is 1.00. The van der Waals surface area contributed by atoms with E-state index < -0.39 is 0 Å². The monoisotopic (exact) mass is 89.1 g/mol. The topological polar surface area (TPSA) is 46.2 Å². The van der Waals surface area contributed by atoms with Gasteiger partial charge in [0.25, 0.3) is 0 Å². The zero-order chi connectivity index (χ0) is 4.99. The van der Waals surface area contributed by atoms with Crippen LogP contribution in [0.2, 0.25) is 0 Å². The van der Waals surface area contributed by atoms with E-state index in [2.05, 4.69) is 0 Å². The van der Waals surface area contributed by atoms with Gasteiger partial charge in [-0.3, -0.25) is 0 Å². The lowest BCUT2D eigenvalue weighted by molar-refractivity contribution is 0.399. The van der Waals surface area contributed by atoms with Crippen molar-refractivity contribution in [3.05, 3.63) is 0 Å². The maximum atomic E-state index is 7.00. The predicted octanol–water partition coefficient (Wildman–Crippen LogP) is -0.284. The second kappa shape index (κ2) is 3.12. The Labute approximate surface area is 38.0 Å². The van der Waals surface area contributed by atoms with Crippen molar-refractivity contribution in [2.75, 3.05) is 7.11 Å². The summed E-state index contributed by atoms with van der Waals surface area (Å²) in [5.74, 6) is 0. The van der Waals surface area contributed by atoms with Crippen LogP contribution >= 0.6 is 0 Å². The van der Waals surface area contributed by atoms with Gasteiger partial charge >= 0.3 is 0 Å². The smallest absolute Gasteiger partial charge is 0.0319 e. The molecular formula is C4H11NO. The fourth-order valence-corrected chi connectivity index (χ4v) is 0.0962. The molecule has 0 spiro atoms. The van der Waals surface area contributed by atoms with E-state index in [4.69, 9.17) is 10.8 Å². The highest BCUT2D eigenvalue weighted by atomic mass is 16.2. The lowest BCUT2D eigenvalue weighted by atomic mass is 10.8. The van der Waals surface area contributed by atoms with Crippen molar-refractivity contribution in [3.8, 4) is 0 Å². The molecule has 0 unspecified atom stereocenters. The third kappa shape index (κ3) is 3.92. The van der Waals surface area contributed by atoms with E-state index in [1.54, 1.807) is 0 Å². The molecule has 0 bridgehead atoms. The second-order valence-corrected chi connectivity index (χ2v) is 1.34. The summed E-state index contributed by atoms with van der Waals surface area (Å²) in [6, 6.07) is 0.583. The van der Waals surface area contributed by atoms with Gasteiger partial charge in [0, 0.05) is 13.2 Å². The summed E-state index contributed by atoms with van der Waals surface area (Å²) in [7, 11) is 1.00. The first-order valence-corrected chi connectivity index (χ1v) is 2.10. The molecule has 0 amide bonds. The number of nitrogens with two attached hydrogens (primary N) is 1. The molecule has 1 aliphatic carbocycles. The second-order valence-electron chi connectivity index (χ2n) is 1.34. The van der Waals surface area contributed by atoms with Crippen molar-refractivity contribution in [1.29, 1.82) is 0 Å². The number of aliphatic hydroxyl groups is 1. The molecule has 0 heterocycles. The summed E-state index contributed by atoms with van der Waals surface area (Å²) in [6.45, 7) is 0. The first kappa shape index (κ1) is 5.92. The first-order chi connectivity index (χ1) is 2.89. The lowest BCUT2D eigenvalue weighted by Gasteiger charge is -1.58. The van der Waals surface area contributed by atoms with Gasteiger partial charge in [-0.05, 0) is 12.8 Å². The van der Waals surface area contributed by atoms with Crippen molar-refractivity contribution in [2.45, 2.75) is 18.9 Å². The largest absolute Gasteiger partial charge is 0.400 e. The normalized spacial score (nSPS) is 18.5. The van der Waals surface area contributed by atoms with Gasteiger partial charge in [0.1, 0.15) is 0 Å². The summed E-state index contributed by atoms with van der Waals surface area (Å²) in [6.07, 6.45) is 2.53. The third-order valence-electron chi connectivity index (χ3n) is 0.622. The van der Waals surface area contributed by atoms with E-state index in [1.165, 1.54) is 12.8 Å². The zero-order valence-corrected chi connectivity index (χ0v) is 4.02. The van der Waals surface area contributed by atoms with Gasteiger partial charge < -0.3 is 10.8 Å². The third-order valence-corrected chi connectivity index (χ3v) is 0.622. The first-order valence-electron chi connectivity index (χ1n) is 2.10. The predicted molar refractivity (Wildman–Crippen MR) is 25.4 cm³/mol. The van der Waals surface area contributed by atoms with E-state index in [0.717, 1.165) is 7.11 Å². The van der Waals surface area contributed by atoms with Crippen molar-refractivity contribution in [1.82, 2.24) is 0 Å². The number of rotatable bonds is 0. The molecule has 6 heavy (non-hydrogen) atoms. The van der Waals surface area contributed by atoms with Crippen LogP contribution in [-0.2, 0) is 0 Å². The maximum Gasteiger partial charge on any atom is 0.0319 e. The Kier molecular flexibility index (Phi) is 3.08. The minimum Gasteiger partial charge on any atom is -0.400 e. The molecule has 0 aromatic rings. The van der Waals surface area contributed by atoms with E-state index >= 15 is 0 Å². The van der Waals surface area contributed by atoms with Crippen LogP contribution in [0.3, 0.4) is 0 Å². The van der Waals surface area contributed by atoms with Crippen molar-refractivity contribution < 1.29 is 5.11 Å².